The standard InChI is InChI=1S/C30H34O6S2/c1-17-7-8-22(27-18(2)28(34-19(3)31)29(35-20(4)32)30(36-27)37-6)15-23(17)16-25-13-14-26(38-25)21-9-11-24(33-5)12-10-21/h7-15,18,27-30H,16H2,1-6H3/t18-,27?,28+,29-,30+/m0/s1. The quantitative estimate of drug-likeness (QED) is 0.291. The highest BCUT2D eigenvalue weighted by Gasteiger charge is 2.48. The molecule has 2 heterocycles. The van der Waals surface area contributed by atoms with Crippen LogP contribution in [0.2, 0.25) is 0 Å². The summed E-state index contributed by atoms with van der Waals surface area (Å²) in [5.41, 5.74) is 4.14. The molecular weight excluding hydrogens is 520 g/mol. The third-order valence-electron chi connectivity index (χ3n) is 6.81. The van der Waals surface area contributed by atoms with Gasteiger partial charge in [-0.25, -0.2) is 0 Å². The first kappa shape index (κ1) is 28.2. The number of ether oxygens (including phenoxy) is 4. The van der Waals surface area contributed by atoms with E-state index in [0.717, 1.165) is 17.7 Å². The molecule has 3 aromatic rings. The number of esters is 2. The summed E-state index contributed by atoms with van der Waals surface area (Å²) >= 11 is 3.22. The summed E-state index contributed by atoms with van der Waals surface area (Å²) < 4.78 is 23.0. The monoisotopic (exact) mass is 554 g/mol. The van der Waals surface area contributed by atoms with Crippen LogP contribution in [0.3, 0.4) is 0 Å². The minimum absolute atomic E-state index is 0.217. The van der Waals surface area contributed by atoms with Crippen molar-refractivity contribution < 1.29 is 28.5 Å². The maximum Gasteiger partial charge on any atom is 0.303 e. The number of thioether (sulfide) groups is 1. The first-order valence-corrected chi connectivity index (χ1v) is 14.7. The van der Waals surface area contributed by atoms with E-state index in [-0.39, 0.29) is 12.0 Å². The van der Waals surface area contributed by atoms with Gasteiger partial charge in [0.15, 0.2) is 6.10 Å². The van der Waals surface area contributed by atoms with Gasteiger partial charge >= 0.3 is 11.9 Å². The molecule has 0 spiro atoms. The lowest BCUT2D eigenvalue weighted by Gasteiger charge is -2.44. The van der Waals surface area contributed by atoms with Gasteiger partial charge in [-0.05, 0) is 71.8 Å². The Morgan fingerprint density at radius 3 is 2.29 bits per heavy atom. The molecule has 0 saturated carbocycles. The third kappa shape index (κ3) is 6.42. The Morgan fingerprint density at radius 1 is 0.974 bits per heavy atom. The number of rotatable bonds is 8. The van der Waals surface area contributed by atoms with Gasteiger partial charge in [0, 0.05) is 35.9 Å². The van der Waals surface area contributed by atoms with E-state index in [2.05, 4.69) is 49.4 Å². The highest BCUT2D eigenvalue weighted by Crippen LogP contribution is 2.42. The van der Waals surface area contributed by atoms with E-state index < -0.39 is 29.6 Å². The largest absolute Gasteiger partial charge is 0.497 e. The van der Waals surface area contributed by atoms with Crippen molar-refractivity contribution in [1.82, 2.24) is 0 Å². The number of carbonyl (C=O) groups excluding carboxylic acids is 2. The van der Waals surface area contributed by atoms with Gasteiger partial charge in [-0.15, -0.1) is 23.1 Å². The maximum atomic E-state index is 12.0. The Morgan fingerprint density at radius 2 is 1.66 bits per heavy atom. The van der Waals surface area contributed by atoms with E-state index in [0.29, 0.717) is 0 Å². The van der Waals surface area contributed by atoms with Gasteiger partial charge in [0.2, 0.25) is 0 Å². The molecule has 6 nitrogen and oxygen atoms in total. The zero-order valence-corrected chi connectivity index (χ0v) is 24.2. The Bertz CT molecular complexity index is 1270. The fourth-order valence-corrected chi connectivity index (χ4v) is 6.60. The van der Waals surface area contributed by atoms with E-state index >= 15 is 0 Å². The van der Waals surface area contributed by atoms with Gasteiger partial charge in [-0.1, -0.05) is 25.1 Å². The fourth-order valence-electron chi connectivity index (χ4n) is 4.85. The molecule has 1 aromatic heterocycles. The molecule has 0 bridgehead atoms. The summed E-state index contributed by atoms with van der Waals surface area (Å²) in [6.45, 7) is 6.83. The molecule has 1 saturated heterocycles. The van der Waals surface area contributed by atoms with Crippen molar-refractivity contribution in [3.8, 4) is 16.2 Å². The molecule has 0 radical (unpaired) electrons. The molecule has 0 N–H and O–H groups in total. The Hall–Kier alpha value is -2.81. The third-order valence-corrected chi connectivity index (χ3v) is 8.79. The van der Waals surface area contributed by atoms with Gasteiger partial charge in [-0.3, -0.25) is 9.59 Å². The highest BCUT2D eigenvalue weighted by molar-refractivity contribution is 7.99. The van der Waals surface area contributed by atoms with Crippen LogP contribution < -0.4 is 4.74 Å². The Labute approximate surface area is 232 Å². The van der Waals surface area contributed by atoms with Crippen LogP contribution in [0.1, 0.15) is 48.4 Å². The topological polar surface area (TPSA) is 71.1 Å². The predicted molar refractivity (Wildman–Crippen MR) is 152 cm³/mol. The van der Waals surface area contributed by atoms with E-state index in [1.165, 1.54) is 52.1 Å². The average Bonchev–Trinajstić information content (AvgIpc) is 3.36. The number of hydrogen-bond acceptors (Lipinski definition) is 8. The molecule has 0 amide bonds. The lowest BCUT2D eigenvalue weighted by atomic mass is 9.85. The molecule has 8 heteroatoms. The first-order chi connectivity index (χ1) is 18.2. The second-order valence-electron chi connectivity index (χ2n) is 9.53. The van der Waals surface area contributed by atoms with Crippen molar-refractivity contribution in [2.75, 3.05) is 13.4 Å². The van der Waals surface area contributed by atoms with E-state index in [9.17, 15) is 9.59 Å². The minimum Gasteiger partial charge on any atom is -0.497 e. The van der Waals surface area contributed by atoms with Crippen LogP contribution in [0.15, 0.2) is 54.6 Å². The first-order valence-electron chi connectivity index (χ1n) is 12.6. The summed E-state index contributed by atoms with van der Waals surface area (Å²) in [6.07, 6.45) is 1.10. The zero-order chi connectivity index (χ0) is 27.4. The molecule has 38 heavy (non-hydrogen) atoms. The van der Waals surface area contributed by atoms with Crippen molar-refractivity contribution >= 4 is 35.0 Å². The zero-order valence-electron chi connectivity index (χ0n) is 22.6. The van der Waals surface area contributed by atoms with Crippen molar-refractivity contribution in [1.29, 1.82) is 0 Å². The van der Waals surface area contributed by atoms with E-state index in [1.54, 1.807) is 18.4 Å². The smallest absolute Gasteiger partial charge is 0.303 e. The van der Waals surface area contributed by atoms with Crippen LogP contribution in [-0.4, -0.2) is 42.9 Å². The summed E-state index contributed by atoms with van der Waals surface area (Å²) in [5, 5.41) is 0. The van der Waals surface area contributed by atoms with Crippen molar-refractivity contribution in [2.45, 2.75) is 57.9 Å². The van der Waals surface area contributed by atoms with Gasteiger partial charge in [0.05, 0.1) is 13.2 Å². The van der Waals surface area contributed by atoms with Crippen LogP contribution in [0.25, 0.3) is 10.4 Å². The fraction of sp³-hybridized carbons (Fsp3) is 0.400. The predicted octanol–water partition coefficient (Wildman–Crippen LogP) is 6.58. The summed E-state index contributed by atoms with van der Waals surface area (Å²) in [7, 11) is 1.67. The maximum absolute atomic E-state index is 12.0. The number of carbonyl (C=O) groups is 2. The number of hydrogen-bond donors (Lipinski definition) is 0. The molecule has 1 unspecified atom stereocenters. The van der Waals surface area contributed by atoms with Crippen LogP contribution in [0, 0.1) is 12.8 Å². The molecule has 1 aliphatic heterocycles. The highest BCUT2D eigenvalue weighted by atomic mass is 32.2. The number of benzene rings is 2. The molecule has 202 valence electrons. The lowest BCUT2D eigenvalue weighted by Crippen LogP contribution is -2.52. The van der Waals surface area contributed by atoms with Crippen molar-refractivity contribution in [3.63, 3.8) is 0 Å². The molecular formula is C30H34O6S2. The van der Waals surface area contributed by atoms with E-state index in [4.69, 9.17) is 18.9 Å². The molecule has 1 fully saturated rings. The summed E-state index contributed by atoms with van der Waals surface area (Å²) in [4.78, 5) is 26.2. The Kier molecular flexibility index (Phi) is 9.18. The number of thiophene rings is 1. The molecule has 5 atom stereocenters. The molecule has 2 aromatic carbocycles. The van der Waals surface area contributed by atoms with Crippen LogP contribution in [0.4, 0.5) is 0 Å². The van der Waals surface area contributed by atoms with Gasteiger partial charge in [-0.2, -0.15) is 0 Å². The number of methoxy groups -OCH3 is 1. The van der Waals surface area contributed by atoms with Crippen LogP contribution >= 0.6 is 23.1 Å². The lowest BCUT2D eigenvalue weighted by molar-refractivity contribution is -0.208. The average molecular weight is 555 g/mol. The SMILES string of the molecule is COc1ccc(-c2ccc(Cc3cc(C4O[C@H](SC)[C@@H](OC(C)=O)[C@H](OC(C)=O)[C@H]4C)ccc3C)s2)cc1. The van der Waals surface area contributed by atoms with Crippen LogP contribution in [-0.2, 0) is 30.2 Å². The molecule has 0 aliphatic carbocycles. The van der Waals surface area contributed by atoms with Crippen LogP contribution in [0.5, 0.6) is 5.75 Å². The van der Waals surface area contributed by atoms with Gasteiger partial charge in [0.1, 0.15) is 17.3 Å². The Balaban J connectivity index is 1.58. The van der Waals surface area contributed by atoms with Crippen molar-refractivity contribution in [2.24, 2.45) is 5.92 Å². The van der Waals surface area contributed by atoms with Crippen molar-refractivity contribution in [3.05, 3.63) is 76.2 Å². The number of aryl methyl sites for hydroxylation is 1. The van der Waals surface area contributed by atoms with E-state index in [1.807, 2.05) is 25.3 Å². The normalized spacial score (nSPS) is 23.1. The summed E-state index contributed by atoms with van der Waals surface area (Å²) in [6, 6.07) is 18.8. The van der Waals surface area contributed by atoms with Gasteiger partial charge < -0.3 is 18.9 Å². The van der Waals surface area contributed by atoms with Gasteiger partial charge in [0.25, 0.3) is 0 Å². The summed E-state index contributed by atoms with van der Waals surface area (Å²) in [5.74, 6) is -0.209. The second-order valence-corrected chi connectivity index (χ2v) is 11.6. The molecule has 1 aliphatic rings. The second kappa shape index (κ2) is 12.4. The minimum atomic E-state index is -0.676. The molecule has 4 rings (SSSR count).